The molecule has 0 fully saturated rings. The van der Waals surface area contributed by atoms with Gasteiger partial charge >= 0.3 is 61.8 Å². The first-order valence-corrected chi connectivity index (χ1v) is 54.9. The molecule has 0 aliphatic carbocycles. The second kappa shape index (κ2) is 65.8. The van der Waals surface area contributed by atoms with Gasteiger partial charge in [0.2, 0.25) is 0 Å². The zero-order chi connectivity index (χ0) is 120. The van der Waals surface area contributed by atoms with Crippen molar-refractivity contribution in [2.45, 2.75) is 569 Å². The van der Waals surface area contributed by atoms with Crippen molar-refractivity contribution in [3.05, 3.63) is 0 Å². The Morgan fingerprint density at radius 2 is 0.372 bits per heavy atom. The highest BCUT2D eigenvalue weighted by Gasteiger charge is 2.66. The summed E-state index contributed by atoms with van der Waals surface area (Å²) in [4.78, 5) is 0. The van der Waals surface area contributed by atoms with Crippen LogP contribution in [0.15, 0.2) is 0 Å². The quantitative estimate of drug-likeness (QED) is 0.0534. The van der Waals surface area contributed by atoms with Crippen LogP contribution in [0.4, 0.5) is 132 Å². The molecule has 0 radical (unpaired) electrons. The lowest BCUT2D eigenvalue weighted by atomic mass is 9.57. The molecule has 890 valence electrons. The first-order valence-electron chi connectivity index (χ1n) is 54.9. The van der Waals surface area contributed by atoms with Crippen LogP contribution in [0, 0.1) is 172 Å². The van der Waals surface area contributed by atoms with Crippen LogP contribution in [-0.4, -0.2) is 61.8 Å². The van der Waals surface area contributed by atoms with E-state index >= 15 is 0 Å². The van der Waals surface area contributed by atoms with Crippen LogP contribution in [0.2, 0.25) is 0 Å². The molecule has 0 saturated carbocycles. The van der Waals surface area contributed by atoms with E-state index in [9.17, 15) is 132 Å². The van der Waals surface area contributed by atoms with E-state index in [1.54, 1.807) is 104 Å². The lowest BCUT2D eigenvalue weighted by Gasteiger charge is -2.49. The van der Waals surface area contributed by atoms with Gasteiger partial charge in [-0.05, 0) is 182 Å². The monoisotopic (exact) mass is 2170 g/mol. The Labute approximate surface area is 868 Å². The third-order valence-corrected chi connectivity index (χ3v) is 36.4. The Hall–Kier alpha value is -2.10. The number of halogens is 30. The summed E-state index contributed by atoms with van der Waals surface area (Å²) in [5, 5.41) is 0. The largest absolute Gasteiger partial charge is 0.395 e. The van der Waals surface area contributed by atoms with E-state index in [0.717, 1.165) is 0 Å². The fourth-order valence-electron chi connectivity index (χ4n) is 24.2. The molecule has 0 saturated heterocycles. The molecule has 0 aromatic rings. The molecule has 0 aliphatic rings. The van der Waals surface area contributed by atoms with E-state index in [2.05, 4.69) is 0 Å². The highest BCUT2D eigenvalue weighted by atomic mass is 19.4. The Bertz CT molecular complexity index is 3110. The van der Waals surface area contributed by atoms with Gasteiger partial charge in [-0.2, -0.15) is 132 Å². The normalized spacial score (nSPS) is 16.6. The summed E-state index contributed by atoms with van der Waals surface area (Å²) in [6, 6.07) is 0. The highest BCUT2D eigenvalue weighted by molar-refractivity contribution is 5.02. The standard InChI is InChI=1S/3C13H25F3.3C12H23F3.2C11H21F3.2C9H17F3/c1-8(2)11(9(3)4)12(7,10(5)6)13(14,15)16;1-7-8-12(6,13(14,15)16)11(9(2)3)10(4)5;1-6-10(7-2)12(5,13(14,15)16)11(8-3)9-4;1-7-10(5,8-2)11(6,9(3)4)12(13,14)15;1-7-11(6,12(13,14)15)10(8(2)3)9(4)5;1-6-9-11(5,12(13,14)15)10(4,7-2)8-3;1-6-9(7-2)10(5,8(3)4)11(12,13)14;1-5-8-10(4,11(12,13)14)9(6-2)7-3;1-6(2)8(5,7(3)4)9(10,11)12;1-4-6-8(3,7-5-2)9(10,11)12/h8-11H,1-7H3;9-11H,7-8H2,1-6H3;10-11H,6-9H2,1-5H3;9H,7-8H2,1-6H3;8-10H,7H2,1-6H3;6-9H2,1-5H3;8-9H,6-7H2,1-5H3;9H,5-8H2,1-4H3;6-7H,1-5H3;4-7H2,1-3H3/t2*12-;;3*11-;2*10-;;/m00.00000../s1. The number of hydrogen-bond donors (Lipinski definition) is 0. The minimum absolute atomic E-state index is 0.0361. The van der Waals surface area contributed by atoms with Crippen LogP contribution < -0.4 is 0 Å². The number of hydrogen-bond acceptors (Lipinski definition) is 0. The van der Waals surface area contributed by atoms with Crippen molar-refractivity contribution in [2.24, 2.45) is 172 Å². The van der Waals surface area contributed by atoms with E-state index in [4.69, 9.17) is 0 Å². The van der Waals surface area contributed by atoms with E-state index in [0.29, 0.717) is 109 Å². The molecular weight excluding hydrogens is 1950 g/mol. The molecule has 0 heterocycles. The second-order valence-electron chi connectivity index (χ2n) is 48.0. The fraction of sp³-hybridized carbons (Fsp3) is 1.00. The summed E-state index contributed by atoms with van der Waals surface area (Å²) >= 11 is 0. The SMILES string of the molecule is CC(C)C(C(C)C)[C@](C)(C(C)C)C(F)(F)F.CC(C)C(C)(C(C)C)C(F)(F)F.CCC(C)(CC)[C@](C)(C(C)C)C(F)(F)F.CCC(CC)C(C)(C(CC)CC)C(F)(F)F.CCC(CC)[C@](C)(C(C)C)C(F)(F)F.CCCC(C)(CCC)C(F)(F)F.CCC[C@@](C)(C(C(C)C)C(C)C)C(F)(F)F.CCC[C@@](C)(C(CC)CC)C(F)(F)F.CCC[C@](C)(C(F)(F)F)C(C)(CC)CC.CC[C@@](C)(C(C(C)C)C(C)C)C(F)(F)F. The highest BCUT2D eigenvalue weighted by Crippen LogP contribution is 2.63. The predicted octanol–water partition coefficient (Wildman–Crippen LogP) is 48.4. The molecular formula is C115H220F30. The maximum atomic E-state index is 13.4. The van der Waals surface area contributed by atoms with E-state index < -0.39 is 139 Å². The molecule has 0 aromatic heterocycles. The summed E-state index contributed by atoms with van der Waals surface area (Å²) < 4.78 is 391. The molecule has 0 rings (SSSR count). The maximum absolute atomic E-state index is 13.4. The molecule has 0 aliphatic heterocycles. The molecule has 0 nitrogen and oxygen atoms in total. The van der Waals surface area contributed by atoms with E-state index in [1.807, 2.05) is 187 Å². The van der Waals surface area contributed by atoms with Gasteiger partial charge in [0.25, 0.3) is 0 Å². The minimum atomic E-state index is -4.14. The molecule has 30 heteroatoms. The Balaban J connectivity index is -0.000000175. The van der Waals surface area contributed by atoms with E-state index in [1.165, 1.54) is 69.2 Å². The average molecular weight is 2170 g/mol. The van der Waals surface area contributed by atoms with Crippen LogP contribution in [0.1, 0.15) is 508 Å². The molecule has 0 bridgehead atoms. The molecule has 0 N–H and O–H groups in total. The molecule has 0 spiro atoms. The van der Waals surface area contributed by atoms with Crippen molar-refractivity contribution in [3.8, 4) is 0 Å². The van der Waals surface area contributed by atoms with Gasteiger partial charge in [-0.25, -0.2) is 0 Å². The molecule has 0 amide bonds. The summed E-state index contributed by atoms with van der Waals surface area (Å²) in [5.41, 5.74) is -16.8. The summed E-state index contributed by atoms with van der Waals surface area (Å²) in [6.45, 7) is 89.1. The molecule has 145 heavy (non-hydrogen) atoms. The van der Waals surface area contributed by atoms with Crippen LogP contribution in [-0.2, 0) is 0 Å². The van der Waals surface area contributed by atoms with Gasteiger partial charge in [0, 0.05) is 0 Å². The van der Waals surface area contributed by atoms with Crippen molar-refractivity contribution < 1.29 is 132 Å². The van der Waals surface area contributed by atoms with Crippen molar-refractivity contribution in [1.82, 2.24) is 0 Å². The Morgan fingerprint density at radius 1 is 0.159 bits per heavy atom. The lowest BCUT2D eigenvalue weighted by molar-refractivity contribution is -0.275. The fourth-order valence-corrected chi connectivity index (χ4v) is 24.2. The zero-order valence-corrected chi connectivity index (χ0v) is 101. The van der Waals surface area contributed by atoms with Gasteiger partial charge in [-0.3, -0.25) is 0 Å². The lowest BCUT2D eigenvalue weighted by Crippen LogP contribution is -2.51. The van der Waals surface area contributed by atoms with Crippen molar-refractivity contribution in [3.63, 3.8) is 0 Å². The van der Waals surface area contributed by atoms with Crippen LogP contribution in [0.5, 0.6) is 0 Å². The maximum Gasteiger partial charge on any atom is 0.395 e. The number of alkyl halides is 30. The van der Waals surface area contributed by atoms with Crippen molar-refractivity contribution >= 4 is 0 Å². The Kier molecular flexibility index (Phi) is 73.9. The molecule has 0 aromatic carbocycles. The van der Waals surface area contributed by atoms with Gasteiger partial charge in [0.05, 0.1) is 54.1 Å². The van der Waals surface area contributed by atoms with Gasteiger partial charge < -0.3 is 0 Å². The smallest absolute Gasteiger partial charge is 0.171 e. The number of rotatable bonds is 43. The first kappa shape index (κ1) is 163. The van der Waals surface area contributed by atoms with Gasteiger partial charge in [0.15, 0.2) is 0 Å². The summed E-state index contributed by atoms with van der Waals surface area (Å²) in [5.74, 6) is -3.66. The summed E-state index contributed by atoms with van der Waals surface area (Å²) in [7, 11) is 0. The van der Waals surface area contributed by atoms with Crippen LogP contribution in [0.3, 0.4) is 0 Å². The van der Waals surface area contributed by atoms with E-state index in [-0.39, 0.29) is 133 Å². The predicted molar refractivity (Wildman–Crippen MR) is 554 cm³/mol. The van der Waals surface area contributed by atoms with Crippen LogP contribution in [0.25, 0.3) is 0 Å². The Morgan fingerprint density at radius 3 is 0.490 bits per heavy atom. The molecule has 0 unspecified atom stereocenters. The van der Waals surface area contributed by atoms with Gasteiger partial charge in [0.1, 0.15) is 0 Å². The third-order valence-electron chi connectivity index (χ3n) is 36.4. The zero-order valence-electron chi connectivity index (χ0n) is 101. The van der Waals surface area contributed by atoms with Gasteiger partial charge in [-0.1, -0.05) is 444 Å². The van der Waals surface area contributed by atoms with Gasteiger partial charge in [-0.15, -0.1) is 0 Å². The summed E-state index contributed by atoms with van der Waals surface area (Å²) in [6.07, 6.45) is -29.8. The first-order chi connectivity index (χ1) is 64.2. The minimum Gasteiger partial charge on any atom is -0.171 e. The average Bonchev–Trinajstić information content (AvgIpc) is 0.763. The molecule has 7 atom stereocenters. The van der Waals surface area contributed by atoms with Crippen molar-refractivity contribution in [1.29, 1.82) is 0 Å². The van der Waals surface area contributed by atoms with Crippen LogP contribution >= 0.6 is 0 Å². The second-order valence-corrected chi connectivity index (χ2v) is 48.0. The van der Waals surface area contributed by atoms with Crippen molar-refractivity contribution in [2.75, 3.05) is 0 Å². The topological polar surface area (TPSA) is 0 Å². The third kappa shape index (κ3) is 43.4.